The Kier molecular flexibility index (Phi) is 3.12. The highest BCUT2D eigenvalue weighted by Crippen LogP contribution is 2.39. The summed E-state index contributed by atoms with van der Waals surface area (Å²) in [6.45, 7) is 0. The van der Waals surface area contributed by atoms with Crippen LogP contribution in [0.5, 0.6) is 11.5 Å². The molecule has 0 saturated heterocycles. The van der Waals surface area contributed by atoms with Gasteiger partial charge in [0, 0.05) is 24.1 Å². The van der Waals surface area contributed by atoms with Gasteiger partial charge in [-0.3, -0.25) is 10.1 Å². The van der Waals surface area contributed by atoms with Crippen molar-refractivity contribution in [3.05, 3.63) is 64.2 Å². The monoisotopic (exact) mass is 270 g/mol. The molecule has 1 fully saturated rings. The van der Waals surface area contributed by atoms with E-state index in [1.54, 1.807) is 12.1 Å². The third kappa shape index (κ3) is 2.62. The van der Waals surface area contributed by atoms with Gasteiger partial charge in [-0.25, -0.2) is 0 Å². The zero-order valence-corrected chi connectivity index (χ0v) is 10.7. The van der Waals surface area contributed by atoms with Crippen molar-refractivity contribution in [2.75, 3.05) is 0 Å². The summed E-state index contributed by atoms with van der Waals surface area (Å²) < 4.78 is 5.64. The Morgan fingerprint density at radius 1 is 1.05 bits per heavy atom. The number of nitro groups is 1. The van der Waals surface area contributed by atoms with Gasteiger partial charge in [-0.1, -0.05) is 12.1 Å². The summed E-state index contributed by atoms with van der Waals surface area (Å²) in [5, 5.41) is 10.6. The number of nitro benzene ring substituents is 1. The molecule has 1 saturated carbocycles. The standard InChI is InChI=1S/C15H14N2O3/c16-15-9-14(15)10-1-5-12(6-2-10)20-13-7-3-11(4-8-13)17(18)19/h1-8,14-15H,9,16H2. The van der Waals surface area contributed by atoms with Gasteiger partial charge in [-0.15, -0.1) is 0 Å². The van der Waals surface area contributed by atoms with E-state index in [0.29, 0.717) is 17.4 Å². The van der Waals surface area contributed by atoms with Crippen molar-refractivity contribution >= 4 is 5.69 Å². The van der Waals surface area contributed by atoms with Crippen LogP contribution in [0.4, 0.5) is 5.69 Å². The number of hydrogen-bond donors (Lipinski definition) is 1. The number of ether oxygens (including phenoxy) is 1. The fraction of sp³-hybridized carbons (Fsp3) is 0.200. The van der Waals surface area contributed by atoms with Gasteiger partial charge in [-0.2, -0.15) is 0 Å². The molecular weight excluding hydrogens is 256 g/mol. The molecule has 0 radical (unpaired) electrons. The predicted octanol–water partition coefficient (Wildman–Crippen LogP) is 3.20. The Labute approximate surface area is 116 Å². The number of non-ortho nitro benzene ring substituents is 1. The first-order valence-electron chi connectivity index (χ1n) is 6.41. The lowest BCUT2D eigenvalue weighted by Gasteiger charge is -2.06. The van der Waals surface area contributed by atoms with Gasteiger partial charge in [0.2, 0.25) is 0 Å². The molecule has 0 bridgehead atoms. The van der Waals surface area contributed by atoms with Gasteiger partial charge in [0.1, 0.15) is 11.5 Å². The third-order valence-electron chi connectivity index (χ3n) is 3.43. The highest BCUT2D eigenvalue weighted by Gasteiger charge is 2.34. The van der Waals surface area contributed by atoms with Crippen molar-refractivity contribution < 1.29 is 9.66 Å². The molecule has 1 aliphatic carbocycles. The Bertz CT molecular complexity index is 623. The average molecular weight is 270 g/mol. The van der Waals surface area contributed by atoms with Crippen LogP contribution in [-0.2, 0) is 0 Å². The van der Waals surface area contributed by atoms with E-state index in [1.807, 2.05) is 24.3 Å². The predicted molar refractivity (Wildman–Crippen MR) is 74.9 cm³/mol. The molecule has 5 nitrogen and oxygen atoms in total. The summed E-state index contributed by atoms with van der Waals surface area (Å²) in [6.07, 6.45) is 1.04. The maximum absolute atomic E-state index is 10.6. The van der Waals surface area contributed by atoms with Gasteiger partial charge in [-0.05, 0) is 36.2 Å². The van der Waals surface area contributed by atoms with E-state index in [0.717, 1.165) is 6.42 Å². The molecule has 0 spiro atoms. The van der Waals surface area contributed by atoms with Crippen LogP contribution in [0.2, 0.25) is 0 Å². The highest BCUT2D eigenvalue weighted by molar-refractivity contribution is 5.40. The zero-order chi connectivity index (χ0) is 14.1. The highest BCUT2D eigenvalue weighted by atomic mass is 16.6. The molecule has 2 aromatic carbocycles. The van der Waals surface area contributed by atoms with Gasteiger partial charge in [0.15, 0.2) is 0 Å². The minimum atomic E-state index is -0.433. The van der Waals surface area contributed by atoms with E-state index >= 15 is 0 Å². The quantitative estimate of drug-likeness (QED) is 0.683. The smallest absolute Gasteiger partial charge is 0.269 e. The maximum atomic E-state index is 10.6. The molecule has 0 aliphatic heterocycles. The molecule has 3 rings (SSSR count). The molecule has 102 valence electrons. The molecule has 0 amide bonds. The Morgan fingerprint density at radius 3 is 2.00 bits per heavy atom. The average Bonchev–Trinajstić information content (AvgIpc) is 3.17. The first kappa shape index (κ1) is 12.6. The molecule has 1 aliphatic rings. The van der Waals surface area contributed by atoms with Crippen LogP contribution in [0.3, 0.4) is 0 Å². The van der Waals surface area contributed by atoms with Gasteiger partial charge in [0.25, 0.3) is 5.69 Å². The van der Waals surface area contributed by atoms with Crippen molar-refractivity contribution in [1.82, 2.24) is 0 Å². The van der Waals surface area contributed by atoms with Gasteiger partial charge < -0.3 is 10.5 Å². The normalized spacial score (nSPS) is 20.4. The van der Waals surface area contributed by atoms with Crippen LogP contribution in [0.1, 0.15) is 17.9 Å². The lowest BCUT2D eigenvalue weighted by Crippen LogP contribution is -2.00. The first-order chi connectivity index (χ1) is 9.63. The number of hydrogen-bond acceptors (Lipinski definition) is 4. The zero-order valence-electron chi connectivity index (χ0n) is 10.7. The summed E-state index contributed by atoms with van der Waals surface area (Å²) in [4.78, 5) is 10.1. The van der Waals surface area contributed by atoms with E-state index in [2.05, 4.69) is 0 Å². The number of nitrogens with two attached hydrogens (primary N) is 1. The van der Waals surface area contributed by atoms with E-state index in [4.69, 9.17) is 10.5 Å². The molecule has 5 heteroatoms. The molecule has 20 heavy (non-hydrogen) atoms. The topological polar surface area (TPSA) is 78.4 Å². The second-order valence-corrected chi connectivity index (χ2v) is 4.93. The number of nitrogens with zero attached hydrogens (tertiary/aromatic N) is 1. The second kappa shape index (κ2) is 4.94. The molecular formula is C15H14N2O3. The van der Waals surface area contributed by atoms with Crippen LogP contribution in [0.15, 0.2) is 48.5 Å². The lowest BCUT2D eigenvalue weighted by atomic mass is 10.1. The summed E-state index contributed by atoms with van der Waals surface area (Å²) in [5.41, 5.74) is 7.09. The maximum Gasteiger partial charge on any atom is 0.269 e. The van der Waals surface area contributed by atoms with Crippen LogP contribution in [0.25, 0.3) is 0 Å². The SMILES string of the molecule is NC1CC1c1ccc(Oc2ccc([N+](=O)[O-])cc2)cc1. The molecule has 0 aromatic heterocycles. The molecule has 0 heterocycles. The number of benzene rings is 2. The second-order valence-electron chi connectivity index (χ2n) is 4.93. The van der Waals surface area contributed by atoms with Crippen molar-refractivity contribution in [3.63, 3.8) is 0 Å². The van der Waals surface area contributed by atoms with Crippen molar-refractivity contribution in [3.8, 4) is 11.5 Å². The minimum Gasteiger partial charge on any atom is -0.457 e. The van der Waals surface area contributed by atoms with E-state index in [9.17, 15) is 10.1 Å². The van der Waals surface area contributed by atoms with Crippen molar-refractivity contribution in [2.24, 2.45) is 5.73 Å². The Balaban J connectivity index is 1.69. The van der Waals surface area contributed by atoms with Crippen LogP contribution >= 0.6 is 0 Å². The van der Waals surface area contributed by atoms with E-state index in [-0.39, 0.29) is 11.7 Å². The van der Waals surface area contributed by atoms with E-state index in [1.165, 1.54) is 17.7 Å². The number of rotatable bonds is 4. The first-order valence-corrected chi connectivity index (χ1v) is 6.41. The molecule has 2 unspecified atom stereocenters. The molecule has 2 aromatic rings. The van der Waals surface area contributed by atoms with Gasteiger partial charge in [0.05, 0.1) is 4.92 Å². The Morgan fingerprint density at radius 2 is 1.55 bits per heavy atom. The third-order valence-corrected chi connectivity index (χ3v) is 3.43. The fourth-order valence-electron chi connectivity index (χ4n) is 2.15. The Hall–Kier alpha value is -2.40. The van der Waals surface area contributed by atoms with Crippen LogP contribution < -0.4 is 10.5 Å². The lowest BCUT2D eigenvalue weighted by molar-refractivity contribution is -0.384. The summed E-state index contributed by atoms with van der Waals surface area (Å²) >= 11 is 0. The molecule has 2 atom stereocenters. The van der Waals surface area contributed by atoms with E-state index < -0.39 is 4.92 Å². The fourth-order valence-corrected chi connectivity index (χ4v) is 2.15. The van der Waals surface area contributed by atoms with Crippen LogP contribution in [-0.4, -0.2) is 11.0 Å². The molecule has 2 N–H and O–H groups in total. The minimum absolute atomic E-state index is 0.0513. The van der Waals surface area contributed by atoms with Crippen LogP contribution in [0, 0.1) is 10.1 Å². The summed E-state index contributed by atoms with van der Waals surface area (Å²) in [7, 11) is 0. The van der Waals surface area contributed by atoms with Crippen molar-refractivity contribution in [2.45, 2.75) is 18.4 Å². The summed E-state index contributed by atoms with van der Waals surface area (Å²) in [5.74, 6) is 1.76. The largest absolute Gasteiger partial charge is 0.457 e. The summed E-state index contributed by atoms with van der Waals surface area (Å²) in [6, 6.07) is 14.1. The van der Waals surface area contributed by atoms with Crippen molar-refractivity contribution in [1.29, 1.82) is 0 Å². The van der Waals surface area contributed by atoms with Gasteiger partial charge >= 0.3 is 0 Å².